The van der Waals surface area contributed by atoms with Crippen molar-refractivity contribution < 1.29 is 0 Å². The van der Waals surface area contributed by atoms with Gasteiger partial charge in [-0.25, -0.2) is 0 Å². The van der Waals surface area contributed by atoms with Gasteiger partial charge in [-0.15, -0.1) is 0 Å². The van der Waals surface area contributed by atoms with Crippen molar-refractivity contribution in [2.75, 3.05) is 0 Å². The molecule has 0 unspecified atom stereocenters. The van der Waals surface area contributed by atoms with Crippen molar-refractivity contribution in [3.8, 4) is 0 Å². The maximum absolute atomic E-state index is 4.04. The lowest BCUT2D eigenvalue weighted by Gasteiger charge is -2.06. The Balaban J connectivity index is 2.39. The monoisotopic (exact) mass is 182 g/mol. The Kier molecular flexibility index (Phi) is 2.64. The highest BCUT2D eigenvalue weighted by Crippen LogP contribution is 2.16. The van der Waals surface area contributed by atoms with Crippen LogP contribution in [0, 0.1) is 0 Å². The highest BCUT2D eigenvalue weighted by molar-refractivity contribution is 5.36. The van der Waals surface area contributed by atoms with Gasteiger partial charge in [0, 0.05) is 0 Å². The molecule has 0 spiro atoms. The fraction of sp³-hybridized carbons (Fsp3) is 0.143. The maximum atomic E-state index is 4.04. The third-order valence-electron chi connectivity index (χ3n) is 2.45. The summed E-state index contributed by atoms with van der Waals surface area (Å²) in [6.07, 6.45) is 10.4. The molecule has 0 nitrogen and oxygen atoms in total. The van der Waals surface area contributed by atoms with E-state index in [2.05, 4.69) is 55.1 Å². The molecule has 0 saturated carbocycles. The maximum Gasteiger partial charge on any atom is -0.00288 e. The highest BCUT2D eigenvalue weighted by Gasteiger charge is 2.01. The second-order valence-electron chi connectivity index (χ2n) is 3.60. The van der Waals surface area contributed by atoms with Crippen LogP contribution < -0.4 is 0 Å². The summed E-state index contributed by atoms with van der Waals surface area (Å²) in [5, 5.41) is 0. The summed E-state index contributed by atoms with van der Waals surface area (Å²) in [7, 11) is 0. The van der Waals surface area contributed by atoms with Crippen LogP contribution in [0.1, 0.15) is 11.1 Å². The summed E-state index contributed by atoms with van der Waals surface area (Å²) in [4.78, 5) is 0. The number of allylic oxidation sites excluding steroid dienone is 5. The molecule has 0 aromatic heterocycles. The average molecular weight is 182 g/mol. The van der Waals surface area contributed by atoms with Crippen molar-refractivity contribution >= 4 is 0 Å². The predicted molar refractivity (Wildman–Crippen MR) is 61.3 cm³/mol. The van der Waals surface area contributed by atoms with E-state index in [9.17, 15) is 0 Å². The molecule has 14 heavy (non-hydrogen) atoms. The molecule has 0 atom stereocenters. The normalized spacial score (nSPS) is 20.1. The summed E-state index contributed by atoms with van der Waals surface area (Å²) < 4.78 is 0. The third-order valence-corrected chi connectivity index (χ3v) is 2.45. The zero-order valence-corrected chi connectivity index (χ0v) is 8.24. The molecule has 1 aliphatic carbocycles. The average Bonchev–Trinajstić information content (AvgIpc) is 2.27. The summed E-state index contributed by atoms with van der Waals surface area (Å²) in [6, 6.07) is 8.57. The van der Waals surface area contributed by atoms with Crippen LogP contribution in [-0.2, 0) is 12.8 Å². The van der Waals surface area contributed by atoms with Gasteiger partial charge in [0.05, 0.1) is 0 Å². The van der Waals surface area contributed by atoms with E-state index in [1.807, 2.05) is 0 Å². The summed E-state index contributed by atoms with van der Waals surface area (Å²) in [5.74, 6) is 0. The van der Waals surface area contributed by atoms with Crippen LogP contribution in [-0.4, -0.2) is 0 Å². The molecule has 0 saturated heterocycles. The molecule has 1 aromatic rings. The van der Waals surface area contributed by atoms with Gasteiger partial charge in [-0.2, -0.15) is 0 Å². The van der Waals surface area contributed by atoms with Crippen molar-refractivity contribution in [3.05, 3.63) is 71.8 Å². The van der Waals surface area contributed by atoms with E-state index in [1.54, 1.807) is 0 Å². The largest absolute Gasteiger partial charge is 0.0955 e. The first kappa shape index (κ1) is 9.01. The Morgan fingerprint density at radius 3 is 2.64 bits per heavy atom. The minimum Gasteiger partial charge on any atom is -0.0955 e. The molecule has 0 aliphatic heterocycles. The fourth-order valence-electron chi connectivity index (χ4n) is 1.70. The molecule has 2 rings (SSSR count). The van der Waals surface area contributed by atoms with Gasteiger partial charge >= 0.3 is 0 Å². The quantitative estimate of drug-likeness (QED) is 0.576. The van der Waals surface area contributed by atoms with E-state index < -0.39 is 0 Å². The molecule has 0 bridgehead atoms. The molecular formula is C14H14. The molecule has 0 heteroatoms. The van der Waals surface area contributed by atoms with Crippen molar-refractivity contribution in [2.24, 2.45) is 0 Å². The van der Waals surface area contributed by atoms with E-state index in [-0.39, 0.29) is 0 Å². The van der Waals surface area contributed by atoms with Crippen LogP contribution >= 0.6 is 0 Å². The topological polar surface area (TPSA) is 0 Å². The SMILES string of the molecule is C=C1/C=C\C=C/Cc2ccccc2C1. The Morgan fingerprint density at radius 2 is 1.79 bits per heavy atom. The standard InChI is InChI=1S/C14H14/c1-12-7-3-2-4-8-13-9-5-6-10-14(13)11-12/h2-7,9-10H,1,8,11H2/b4-2-,7-3-. The summed E-state index contributed by atoms with van der Waals surface area (Å²) in [6.45, 7) is 4.04. The van der Waals surface area contributed by atoms with E-state index in [0.29, 0.717) is 0 Å². The van der Waals surface area contributed by atoms with Gasteiger partial charge in [-0.3, -0.25) is 0 Å². The van der Waals surface area contributed by atoms with Crippen molar-refractivity contribution in [1.29, 1.82) is 0 Å². The number of benzene rings is 1. The van der Waals surface area contributed by atoms with E-state index >= 15 is 0 Å². The van der Waals surface area contributed by atoms with Gasteiger partial charge in [0.1, 0.15) is 0 Å². The van der Waals surface area contributed by atoms with Crippen molar-refractivity contribution in [2.45, 2.75) is 12.8 Å². The Labute approximate surface area is 85.3 Å². The van der Waals surface area contributed by atoms with Gasteiger partial charge in [0.2, 0.25) is 0 Å². The number of fused-ring (bicyclic) bond motifs is 1. The van der Waals surface area contributed by atoms with Gasteiger partial charge in [0.25, 0.3) is 0 Å². The molecule has 0 radical (unpaired) electrons. The Hall–Kier alpha value is -1.56. The number of hydrogen-bond acceptors (Lipinski definition) is 0. The lowest BCUT2D eigenvalue weighted by Crippen LogP contribution is -1.93. The zero-order valence-electron chi connectivity index (χ0n) is 8.24. The van der Waals surface area contributed by atoms with E-state index in [4.69, 9.17) is 0 Å². The molecule has 1 aliphatic rings. The molecule has 0 fully saturated rings. The fourth-order valence-corrected chi connectivity index (χ4v) is 1.70. The summed E-state index contributed by atoms with van der Waals surface area (Å²) >= 11 is 0. The van der Waals surface area contributed by atoms with Crippen LogP contribution in [0.25, 0.3) is 0 Å². The lowest BCUT2D eigenvalue weighted by molar-refractivity contribution is 1.13. The van der Waals surface area contributed by atoms with E-state index in [1.165, 1.54) is 16.7 Å². The van der Waals surface area contributed by atoms with Crippen LogP contribution in [0.15, 0.2) is 60.7 Å². The second kappa shape index (κ2) is 4.10. The lowest BCUT2D eigenvalue weighted by atomic mass is 9.99. The van der Waals surface area contributed by atoms with Gasteiger partial charge in [-0.1, -0.05) is 60.7 Å². The second-order valence-corrected chi connectivity index (χ2v) is 3.60. The minimum atomic E-state index is 0.967. The first-order valence-corrected chi connectivity index (χ1v) is 4.94. The first-order valence-electron chi connectivity index (χ1n) is 4.94. The first-order chi connectivity index (χ1) is 6.86. The van der Waals surface area contributed by atoms with Gasteiger partial charge in [-0.05, 0) is 24.0 Å². The van der Waals surface area contributed by atoms with Gasteiger partial charge in [0.15, 0.2) is 0 Å². The highest BCUT2D eigenvalue weighted by atomic mass is 14.1. The van der Waals surface area contributed by atoms with Crippen molar-refractivity contribution in [3.63, 3.8) is 0 Å². The molecule has 0 heterocycles. The Bertz CT molecular complexity index is 394. The predicted octanol–water partition coefficient (Wildman–Crippen LogP) is 3.45. The molecular weight excluding hydrogens is 168 g/mol. The molecule has 0 amide bonds. The minimum absolute atomic E-state index is 0.967. The Morgan fingerprint density at radius 1 is 1.00 bits per heavy atom. The molecule has 70 valence electrons. The number of rotatable bonds is 0. The van der Waals surface area contributed by atoms with Crippen molar-refractivity contribution in [1.82, 2.24) is 0 Å². The van der Waals surface area contributed by atoms with Crippen LogP contribution in [0.4, 0.5) is 0 Å². The van der Waals surface area contributed by atoms with Crippen LogP contribution in [0.2, 0.25) is 0 Å². The molecule has 0 N–H and O–H groups in total. The van der Waals surface area contributed by atoms with Gasteiger partial charge < -0.3 is 0 Å². The molecule has 1 aromatic carbocycles. The third kappa shape index (κ3) is 2.02. The van der Waals surface area contributed by atoms with Crippen LogP contribution in [0.5, 0.6) is 0 Å². The summed E-state index contributed by atoms with van der Waals surface area (Å²) in [5.41, 5.74) is 3.98. The zero-order chi connectivity index (χ0) is 9.80. The number of hydrogen-bond donors (Lipinski definition) is 0. The van der Waals surface area contributed by atoms with E-state index in [0.717, 1.165) is 12.8 Å². The smallest absolute Gasteiger partial charge is 0.00288 e. The van der Waals surface area contributed by atoms with Crippen LogP contribution in [0.3, 0.4) is 0 Å².